The van der Waals surface area contributed by atoms with Crippen LogP contribution in [-0.4, -0.2) is 18.1 Å². The number of carbonyl (C=O) groups excluding carboxylic acids is 1. The quantitative estimate of drug-likeness (QED) is 0.876. The lowest BCUT2D eigenvalue weighted by Crippen LogP contribution is -2.19. The molecule has 0 aliphatic carbocycles. The topological polar surface area (TPSA) is 55.1 Å². The molecule has 0 spiro atoms. The smallest absolute Gasteiger partial charge is 0.225 e. The van der Waals surface area contributed by atoms with Crippen LogP contribution in [0.1, 0.15) is 11.3 Å². The summed E-state index contributed by atoms with van der Waals surface area (Å²) in [6.45, 7) is 2.03. The third-order valence-electron chi connectivity index (χ3n) is 2.52. The zero-order valence-electron chi connectivity index (χ0n) is 9.86. The van der Waals surface area contributed by atoms with E-state index in [-0.39, 0.29) is 12.3 Å². The molecule has 2 aromatic rings. The summed E-state index contributed by atoms with van der Waals surface area (Å²) in [5.41, 5.74) is 2.80. The van der Waals surface area contributed by atoms with E-state index < -0.39 is 0 Å². The standard InChI is InChI=1S/C13H14N2O2/c1-9-3-5-10(6-4-9)12-7-11(15-17-12)8-13(16)14-2/h3-7H,8H2,1-2H3,(H,14,16). The first kappa shape index (κ1) is 11.4. The van der Waals surface area contributed by atoms with Gasteiger partial charge in [-0.2, -0.15) is 0 Å². The van der Waals surface area contributed by atoms with Gasteiger partial charge in [0.2, 0.25) is 5.91 Å². The van der Waals surface area contributed by atoms with Crippen molar-refractivity contribution in [3.63, 3.8) is 0 Å². The van der Waals surface area contributed by atoms with Crippen molar-refractivity contribution < 1.29 is 9.32 Å². The van der Waals surface area contributed by atoms with Gasteiger partial charge in [-0.15, -0.1) is 0 Å². The molecular formula is C13H14N2O2. The maximum absolute atomic E-state index is 11.2. The maximum atomic E-state index is 11.2. The summed E-state index contributed by atoms with van der Waals surface area (Å²) >= 11 is 0. The van der Waals surface area contributed by atoms with Crippen molar-refractivity contribution in [1.82, 2.24) is 10.5 Å². The molecule has 4 heteroatoms. The average molecular weight is 230 g/mol. The molecule has 0 saturated heterocycles. The third kappa shape index (κ3) is 2.72. The summed E-state index contributed by atoms with van der Waals surface area (Å²) in [6, 6.07) is 9.76. The first-order valence-corrected chi connectivity index (χ1v) is 5.42. The van der Waals surface area contributed by atoms with E-state index in [0.717, 1.165) is 5.56 Å². The largest absolute Gasteiger partial charge is 0.359 e. The van der Waals surface area contributed by atoms with Crippen LogP contribution in [0.4, 0.5) is 0 Å². The number of aryl methyl sites for hydroxylation is 1. The highest BCUT2D eigenvalue weighted by atomic mass is 16.5. The number of carbonyl (C=O) groups is 1. The molecule has 88 valence electrons. The van der Waals surface area contributed by atoms with Crippen molar-refractivity contribution in [3.8, 4) is 11.3 Å². The van der Waals surface area contributed by atoms with E-state index in [1.165, 1.54) is 5.56 Å². The van der Waals surface area contributed by atoms with Crippen molar-refractivity contribution in [2.24, 2.45) is 0 Å². The first-order valence-electron chi connectivity index (χ1n) is 5.42. The molecular weight excluding hydrogens is 216 g/mol. The van der Waals surface area contributed by atoms with E-state index in [0.29, 0.717) is 11.5 Å². The lowest BCUT2D eigenvalue weighted by Gasteiger charge is -1.95. The number of amides is 1. The average Bonchev–Trinajstić information content (AvgIpc) is 2.78. The predicted molar refractivity (Wildman–Crippen MR) is 64.4 cm³/mol. The van der Waals surface area contributed by atoms with E-state index >= 15 is 0 Å². The second-order valence-electron chi connectivity index (χ2n) is 3.90. The normalized spacial score (nSPS) is 10.2. The SMILES string of the molecule is CNC(=O)Cc1cc(-c2ccc(C)cc2)on1. The van der Waals surface area contributed by atoms with Crippen LogP contribution >= 0.6 is 0 Å². The third-order valence-corrected chi connectivity index (χ3v) is 2.52. The van der Waals surface area contributed by atoms with Crippen LogP contribution < -0.4 is 5.32 Å². The Morgan fingerprint density at radius 1 is 1.35 bits per heavy atom. The highest BCUT2D eigenvalue weighted by Gasteiger charge is 2.09. The Balaban J connectivity index is 2.18. The van der Waals surface area contributed by atoms with E-state index in [9.17, 15) is 4.79 Å². The van der Waals surface area contributed by atoms with Gasteiger partial charge in [0, 0.05) is 18.7 Å². The van der Waals surface area contributed by atoms with Gasteiger partial charge in [0.15, 0.2) is 5.76 Å². The highest BCUT2D eigenvalue weighted by molar-refractivity contribution is 5.78. The van der Waals surface area contributed by atoms with Gasteiger partial charge in [-0.05, 0) is 6.92 Å². The van der Waals surface area contributed by atoms with Gasteiger partial charge in [0.1, 0.15) is 0 Å². The Bertz CT molecular complexity index is 514. The van der Waals surface area contributed by atoms with Crippen molar-refractivity contribution in [2.45, 2.75) is 13.3 Å². The second kappa shape index (κ2) is 4.82. The molecule has 1 N–H and O–H groups in total. The molecule has 0 aliphatic heterocycles. The fourth-order valence-electron chi connectivity index (χ4n) is 1.50. The molecule has 2 rings (SSSR count). The van der Waals surface area contributed by atoms with Crippen LogP contribution in [0.25, 0.3) is 11.3 Å². The molecule has 4 nitrogen and oxygen atoms in total. The number of likely N-dealkylation sites (N-methyl/N-ethyl adjacent to an activating group) is 1. The summed E-state index contributed by atoms with van der Waals surface area (Å²) < 4.78 is 5.21. The van der Waals surface area contributed by atoms with Gasteiger partial charge in [0.25, 0.3) is 0 Å². The maximum Gasteiger partial charge on any atom is 0.225 e. The Kier molecular flexibility index (Phi) is 3.23. The van der Waals surface area contributed by atoms with Crippen LogP contribution in [0.15, 0.2) is 34.9 Å². The number of aromatic nitrogens is 1. The Labute approximate surface area is 99.6 Å². The molecule has 17 heavy (non-hydrogen) atoms. The Morgan fingerprint density at radius 3 is 2.71 bits per heavy atom. The second-order valence-corrected chi connectivity index (χ2v) is 3.90. The zero-order valence-corrected chi connectivity index (χ0v) is 9.86. The Morgan fingerprint density at radius 2 is 2.06 bits per heavy atom. The fourth-order valence-corrected chi connectivity index (χ4v) is 1.50. The lowest BCUT2D eigenvalue weighted by atomic mass is 10.1. The van der Waals surface area contributed by atoms with Crippen molar-refractivity contribution in [2.75, 3.05) is 7.05 Å². The number of hydrogen-bond donors (Lipinski definition) is 1. The number of rotatable bonds is 3. The van der Waals surface area contributed by atoms with Crippen LogP contribution in [0.2, 0.25) is 0 Å². The first-order chi connectivity index (χ1) is 8.19. The van der Waals surface area contributed by atoms with Crippen LogP contribution in [0, 0.1) is 6.92 Å². The van der Waals surface area contributed by atoms with Crippen LogP contribution in [0.5, 0.6) is 0 Å². The monoisotopic (exact) mass is 230 g/mol. The van der Waals surface area contributed by atoms with Gasteiger partial charge in [0.05, 0.1) is 12.1 Å². The molecule has 0 saturated carbocycles. The minimum absolute atomic E-state index is 0.0752. The van der Waals surface area contributed by atoms with E-state index in [2.05, 4.69) is 10.5 Å². The van der Waals surface area contributed by atoms with Gasteiger partial charge in [-0.25, -0.2) is 0 Å². The molecule has 0 atom stereocenters. The number of hydrogen-bond acceptors (Lipinski definition) is 3. The molecule has 1 aromatic heterocycles. The van der Waals surface area contributed by atoms with E-state index in [4.69, 9.17) is 4.52 Å². The molecule has 0 aliphatic rings. The molecule has 0 fully saturated rings. The fraction of sp³-hybridized carbons (Fsp3) is 0.231. The summed E-state index contributed by atoms with van der Waals surface area (Å²) in [5, 5.41) is 6.42. The number of benzene rings is 1. The van der Waals surface area contributed by atoms with Gasteiger partial charge >= 0.3 is 0 Å². The summed E-state index contributed by atoms with van der Waals surface area (Å²) in [6.07, 6.45) is 0.242. The molecule has 0 radical (unpaired) electrons. The lowest BCUT2D eigenvalue weighted by molar-refractivity contribution is -0.120. The van der Waals surface area contributed by atoms with Crippen molar-refractivity contribution >= 4 is 5.91 Å². The van der Waals surface area contributed by atoms with Crippen molar-refractivity contribution in [1.29, 1.82) is 0 Å². The molecule has 1 aromatic carbocycles. The number of nitrogens with zero attached hydrogens (tertiary/aromatic N) is 1. The molecule has 0 unspecified atom stereocenters. The predicted octanol–water partition coefficient (Wildman–Crippen LogP) is 1.94. The van der Waals surface area contributed by atoms with E-state index in [1.807, 2.05) is 31.2 Å². The summed E-state index contributed by atoms with van der Waals surface area (Å²) in [5.74, 6) is 0.609. The minimum atomic E-state index is -0.0752. The van der Waals surface area contributed by atoms with Crippen molar-refractivity contribution in [3.05, 3.63) is 41.6 Å². The highest BCUT2D eigenvalue weighted by Crippen LogP contribution is 2.20. The molecule has 0 bridgehead atoms. The minimum Gasteiger partial charge on any atom is -0.359 e. The van der Waals surface area contributed by atoms with Gasteiger partial charge < -0.3 is 9.84 Å². The zero-order chi connectivity index (χ0) is 12.3. The van der Waals surface area contributed by atoms with Crippen LogP contribution in [0.3, 0.4) is 0 Å². The van der Waals surface area contributed by atoms with Gasteiger partial charge in [-0.1, -0.05) is 35.0 Å². The Hall–Kier alpha value is -2.10. The van der Waals surface area contributed by atoms with Gasteiger partial charge in [-0.3, -0.25) is 4.79 Å². The summed E-state index contributed by atoms with van der Waals surface area (Å²) in [7, 11) is 1.60. The molecule has 1 heterocycles. The van der Waals surface area contributed by atoms with E-state index in [1.54, 1.807) is 13.1 Å². The number of nitrogens with one attached hydrogen (secondary N) is 1. The van der Waals surface area contributed by atoms with Crippen LogP contribution in [-0.2, 0) is 11.2 Å². The summed E-state index contributed by atoms with van der Waals surface area (Å²) in [4.78, 5) is 11.2. The molecule has 1 amide bonds.